The molecule has 0 heterocycles. The summed E-state index contributed by atoms with van der Waals surface area (Å²) in [4.78, 5) is 43.8. The fourth-order valence-corrected chi connectivity index (χ4v) is 1.07. The molecule has 9 nitrogen and oxygen atoms in total. The average Bonchev–Trinajstić information content (AvgIpc) is 2.29. The normalized spacial score (nSPS) is 12.5. The van der Waals surface area contributed by atoms with E-state index >= 15 is 0 Å². The van der Waals surface area contributed by atoms with E-state index in [-0.39, 0.29) is 0 Å². The minimum Gasteiger partial charge on any atom is -0.480 e. The zero-order valence-electron chi connectivity index (χ0n) is 11.9. The van der Waals surface area contributed by atoms with Crippen molar-refractivity contribution in [3.63, 3.8) is 0 Å². The van der Waals surface area contributed by atoms with Gasteiger partial charge < -0.3 is 25.6 Å². The van der Waals surface area contributed by atoms with Gasteiger partial charge in [0.15, 0.2) is 0 Å². The number of carboxylic acid groups (broad SMARTS) is 2. The molecule has 9 heteroatoms. The molecule has 118 valence electrons. The Balaban J connectivity index is 4.45. The molecule has 0 bridgehead atoms. The van der Waals surface area contributed by atoms with Gasteiger partial charge in [-0.3, -0.25) is 4.79 Å². The lowest BCUT2D eigenvalue weighted by molar-refractivity contribution is -0.141. The molecule has 0 aromatic rings. The van der Waals surface area contributed by atoms with Crippen LogP contribution in [-0.2, 0) is 19.1 Å². The fourth-order valence-electron chi connectivity index (χ4n) is 1.07. The van der Waals surface area contributed by atoms with Crippen LogP contribution in [0, 0.1) is 0 Å². The Kier molecular flexibility index (Phi) is 6.91. The molecule has 0 aliphatic carbocycles. The predicted molar refractivity (Wildman–Crippen MR) is 70.6 cm³/mol. The van der Waals surface area contributed by atoms with Crippen molar-refractivity contribution in [3.8, 4) is 0 Å². The maximum Gasteiger partial charge on any atom is 0.407 e. The first-order chi connectivity index (χ1) is 9.51. The van der Waals surface area contributed by atoms with E-state index in [1.807, 2.05) is 5.32 Å². The molecule has 0 spiro atoms. The van der Waals surface area contributed by atoms with Crippen molar-refractivity contribution >= 4 is 23.9 Å². The Bertz CT molecular complexity index is 451. The number of alkyl carbamates (subject to hydrolysis) is 1. The summed E-state index contributed by atoms with van der Waals surface area (Å²) in [6.45, 7) is 4.51. The highest BCUT2D eigenvalue weighted by Crippen LogP contribution is 2.06. The number of aliphatic carboxylic acids is 2. The highest BCUT2D eigenvalue weighted by molar-refractivity contribution is 5.95. The lowest BCUT2D eigenvalue weighted by atomic mass is 10.2. The molecule has 0 aromatic heterocycles. The van der Waals surface area contributed by atoms with E-state index < -0.39 is 42.1 Å². The van der Waals surface area contributed by atoms with Gasteiger partial charge in [-0.15, -0.1) is 0 Å². The summed E-state index contributed by atoms with van der Waals surface area (Å²) in [7, 11) is 0. The Morgan fingerprint density at radius 3 is 2.14 bits per heavy atom. The smallest absolute Gasteiger partial charge is 0.407 e. The van der Waals surface area contributed by atoms with Crippen molar-refractivity contribution in [1.29, 1.82) is 0 Å². The quantitative estimate of drug-likeness (QED) is 0.494. The molecule has 0 aromatic carbocycles. The van der Waals surface area contributed by atoms with Gasteiger partial charge in [0.05, 0.1) is 6.54 Å². The zero-order chi connectivity index (χ0) is 16.6. The molecular formula is C12H18N2O7. The summed E-state index contributed by atoms with van der Waals surface area (Å²) in [5.74, 6) is -3.64. The number of nitrogens with one attached hydrogen (secondary N) is 2. The van der Waals surface area contributed by atoms with Crippen molar-refractivity contribution in [1.82, 2.24) is 10.6 Å². The van der Waals surface area contributed by atoms with E-state index in [1.165, 1.54) is 0 Å². The third kappa shape index (κ3) is 9.93. The second kappa shape index (κ2) is 7.88. The minimum atomic E-state index is -1.41. The fraction of sp³-hybridized carbons (Fsp3) is 0.500. The molecule has 0 fully saturated rings. The number of rotatable bonds is 6. The lowest BCUT2D eigenvalue weighted by Crippen LogP contribution is -2.48. The average molecular weight is 302 g/mol. The van der Waals surface area contributed by atoms with Crippen LogP contribution in [0.4, 0.5) is 4.79 Å². The van der Waals surface area contributed by atoms with Gasteiger partial charge in [0.2, 0.25) is 5.91 Å². The van der Waals surface area contributed by atoms with Crippen molar-refractivity contribution < 1.29 is 34.1 Å². The number of hydrogen-bond donors (Lipinski definition) is 4. The molecular weight excluding hydrogens is 284 g/mol. The number of carboxylic acids is 2. The lowest BCUT2D eigenvalue weighted by Gasteiger charge is -2.21. The molecule has 0 aliphatic rings. The van der Waals surface area contributed by atoms with Gasteiger partial charge in [-0.1, -0.05) is 0 Å². The molecule has 0 radical (unpaired) electrons. The second-order valence-corrected chi connectivity index (χ2v) is 4.95. The first-order valence-electron chi connectivity index (χ1n) is 5.92. The summed E-state index contributed by atoms with van der Waals surface area (Å²) in [5.41, 5.74) is -0.740. The Morgan fingerprint density at radius 1 is 1.14 bits per heavy atom. The molecule has 0 saturated carbocycles. The number of ether oxygens (including phenoxy) is 1. The van der Waals surface area contributed by atoms with Crippen LogP contribution in [0.2, 0.25) is 0 Å². The van der Waals surface area contributed by atoms with E-state index in [9.17, 15) is 19.2 Å². The van der Waals surface area contributed by atoms with E-state index in [0.717, 1.165) is 0 Å². The first-order valence-corrected chi connectivity index (χ1v) is 5.92. The van der Waals surface area contributed by atoms with Crippen molar-refractivity contribution in [2.75, 3.05) is 6.54 Å². The van der Waals surface area contributed by atoms with Gasteiger partial charge >= 0.3 is 18.0 Å². The van der Waals surface area contributed by atoms with Crippen molar-refractivity contribution in [2.24, 2.45) is 0 Å². The van der Waals surface area contributed by atoms with Gasteiger partial charge in [0.25, 0.3) is 0 Å². The van der Waals surface area contributed by atoms with E-state index in [4.69, 9.17) is 14.9 Å². The van der Waals surface area contributed by atoms with Crippen LogP contribution in [0.5, 0.6) is 0 Å². The SMILES string of the molecule is CC(C)(C)OC(=O)NC[C@H](NC(=O)/C=C\C(=O)O)C(=O)O. The second-order valence-electron chi connectivity index (χ2n) is 4.95. The summed E-state index contributed by atoms with van der Waals surface area (Å²) >= 11 is 0. The number of hydrogen-bond acceptors (Lipinski definition) is 5. The van der Waals surface area contributed by atoms with Crippen LogP contribution >= 0.6 is 0 Å². The van der Waals surface area contributed by atoms with Gasteiger partial charge in [-0.25, -0.2) is 14.4 Å². The topological polar surface area (TPSA) is 142 Å². The zero-order valence-corrected chi connectivity index (χ0v) is 11.9. The standard InChI is InChI=1S/C12H18N2O7/c1-12(2,3)21-11(20)13-6-7(10(18)19)14-8(15)4-5-9(16)17/h4-5,7H,6H2,1-3H3,(H,13,20)(H,14,15)(H,16,17)(H,18,19)/b5-4-/t7-/m0/s1. The van der Waals surface area contributed by atoms with Crippen LogP contribution < -0.4 is 10.6 Å². The molecule has 21 heavy (non-hydrogen) atoms. The van der Waals surface area contributed by atoms with E-state index in [0.29, 0.717) is 12.2 Å². The Morgan fingerprint density at radius 2 is 1.71 bits per heavy atom. The van der Waals surface area contributed by atoms with Crippen LogP contribution in [0.25, 0.3) is 0 Å². The van der Waals surface area contributed by atoms with Gasteiger partial charge in [-0.05, 0) is 20.8 Å². The van der Waals surface area contributed by atoms with E-state index in [1.54, 1.807) is 20.8 Å². The number of amides is 2. The summed E-state index contributed by atoms with van der Waals surface area (Å²) in [6, 6.07) is -1.41. The summed E-state index contributed by atoms with van der Waals surface area (Å²) in [6.07, 6.45) is 0.408. The van der Waals surface area contributed by atoms with Gasteiger partial charge in [0, 0.05) is 12.2 Å². The summed E-state index contributed by atoms with van der Waals surface area (Å²) in [5, 5.41) is 21.5. The third-order valence-electron chi connectivity index (χ3n) is 1.84. The molecule has 2 amide bonds. The van der Waals surface area contributed by atoms with Crippen LogP contribution in [0.3, 0.4) is 0 Å². The van der Waals surface area contributed by atoms with E-state index in [2.05, 4.69) is 5.32 Å². The third-order valence-corrected chi connectivity index (χ3v) is 1.84. The maximum absolute atomic E-state index is 11.4. The largest absolute Gasteiger partial charge is 0.480 e. The maximum atomic E-state index is 11.4. The van der Waals surface area contributed by atoms with Crippen molar-refractivity contribution in [3.05, 3.63) is 12.2 Å². The molecule has 4 N–H and O–H groups in total. The summed E-state index contributed by atoms with van der Waals surface area (Å²) < 4.78 is 4.90. The highest BCUT2D eigenvalue weighted by atomic mass is 16.6. The molecule has 0 aliphatic heterocycles. The molecule has 0 saturated heterocycles. The molecule has 0 rings (SSSR count). The highest BCUT2D eigenvalue weighted by Gasteiger charge is 2.22. The van der Waals surface area contributed by atoms with Crippen LogP contribution in [-0.4, -0.2) is 52.3 Å². The minimum absolute atomic E-state index is 0.406. The molecule has 1 atom stereocenters. The van der Waals surface area contributed by atoms with Crippen molar-refractivity contribution in [2.45, 2.75) is 32.4 Å². The Hall–Kier alpha value is -2.58. The van der Waals surface area contributed by atoms with Crippen LogP contribution in [0.1, 0.15) is 20.8 Å². The monoisotopic (exact) mass is 302 g/mol. The number of carbonyl (C=O) groups is 4. The first kappa shape index (κ1) is 18.4. The number of carbonyl (C=O) groups excluding carboxylic acids is 2. The Labute approximate surface area is 121 Å². The predicted octanol–water partition coefficient (Wildman–Crippen LogP) is -0.279. The van der Waals surface area contributed by atoms with Gasteiger partial charge in [0.1, 0.15) is 11.6 Å². The van der Waals surface area contributed by atoms with Gasteiger partial charge in [-0.2, -0.15) is 0 Å². The molecule has 0 unspecified atom stereocenters. The van der Waals surface area contributed by atoms with Crippen LogP contribution in [0.15, 0.2) is 12.2 Å².